The van der Waals surface area contributed by atoms with Crippen LogP contribution < -0.4 is 0 Å². The van der Waals surface area contributed by atoms with Gasteiger partial charge >= 0.3 is 0 Å². The fourth-order valence-corrected chi connectivity index (χ4v) is 0.969. The van der Waals surface area contributed by atoms with E-state index in [4.69, 9.17) is 0 Å². The Morgan fingerprint density at radius 3 is 2.77 bits per heavy atom. The fourth-order valence-electron chi connectivity index (χ4n) is 0.969. The zero-order valence-electron chi connectivity index (χ0n) is 6.57. The fraction of sp³-hybridized carbons (Fsp3) is 0.125. The van der Waals surface area contributed by atoms with Crippen LogP contribution >= 0.6 is 0 Å². The summed E-state index contributed by atoms with van der Waals surface area (Å²) in [5.41, 5.74) is -0.131. The molecule has 0 aliphatic rings. The summed E-state index contributed by atoms with van der Waals surface area (Å²) < 4.78 is 12.6. The minimum Gasteiger partial charge on any atom is -0.303 e. The molecule has 0 heterocycles. The van der Waals surface area contributed by atoms with Gasteiger partial charge in [-0.05, 0) is 12.1 Å². The quantitative estimate of drug-likeness (QED) is 0.405. The molecule has 1 rings (SSSR count). The molecule has 4 nitrogen and oxygen atoms in total. The Bertz CT molecular complexity index is 351. The topological polar surface area (TPSA) is 60.2 Å². The van der Waals surface area contributed by atoms with Crippen molar-refractivity contribution in [3.8, 4) is 0 Å². The van der Waals surface area contributed by atoms with E-state index in [0.29, 0.717) is 6.29 Å². The second-order valence-corrected chi connectivity index (χ2v) is 2.40. The van der Waals surface area contributed by atoms with Crippen molar-refractivity contribution in [1.82, 2.24) is 0 Å². The molecule has 0 bridgehead atoms. The number of nitro benzene ring substituents is 1. The number of carbonyl (C=O) groups is 1. The first-order valence-corrected chi connectivity index (χ1v) is 3.51. The van der Waals surface area contributed by atoms with Crippen LogP contribution in [0.4, 0.5) is 10.1 Å². The van der Waals surface area contributed by atoms with Crippen molar-refractivity contribution in [2.24, 2.45) is 0 Å². The molecule has 0 N–H and O–H groups in total. The Hall–Kier alpha value is -1.78. The maximum Gasteiger partial charge on any atom is 0.275 e. The molecule has 0 fully saturated rings. The zero-order chi connectivity index (χ0) is 9.84. The number of hydrogen-bond acceptors (Lipinski definition) is 3. The van der Waals surface area contributed by atoms with Crippen molar-refractivity contribution in [1.29, 1.82) is 0 Å². The zero-order valence-corrected chi connectivity index (χ0v) is 6.57. The summed E-state index contributed by atoms with van der Waals surface area (Å²) in [5.74, 6) is -0.679. The van der Waals surface area contributed by atoms with E-state index in [-0.39, 0.29) is 17.7 Å². The van der Waals surface area contributed by atoms with Gasteiger partial charge in [0.1, 0.15) is 12.1 Å². The van der Waals surface area contributed by atoms with E-state index in [1.54, 1.807) is 0 Å². The predicted molar refractivity (Wildman–Crippen MR) is 42.8 cm³/mol. The van der Waals surface area contributed by atoms with Crippen LogP contribution in [0.2, 0.25) is 0 Å². The van der Waals surface area contributed by atoms with Crippen LogP contribution in [0.3, 0.4) is 0 Å². The monoisotopic (exact) mass is 183 g/mol. The normalized spacial score (nSPS) is 9.62. The van der Waals surface area contributed by atoms with E-state index in [1.807, 2.05) is 0 Å². The lowest BCUT2D eigenvalue weighted by Gasteiger charge is -1.97. The van der Waals surface area contributed by atoms with E-state index in [9.17, 15) is 19.3 Å². The smallest absolute Gasteiger partial charge is 0.275 e. The van der Waals surface area contributed by atoms with Gasteiger partial charge in [0, 0.05) is 12.0 Å². The maximum absolute atomic E-state index is 12.6. The number of carbonyl (C=O) groups excluding carboxylic acids is 1. The van der Waals surface area contributed by atoms with E-state index >= 15 is 0 Å². The molecule has 0 aromatic heterocycles. The van der Waals surface area contributed by atoms with Gasteiger partial charge in [-0.15, -0.1) is 0 Å². The third-order valence-corrected chi connectivity index (χ3v) is 1.55. The average Bonchev–Trinajstić information content (AvgIpc) is 2.08. The van der Waals surface area contributed by atoms with Crippen LogP contribution in [0.1, 0.15) is 5.56 Å². The van der Waals surface area contributed by atoms with Gasteiger partial charge in [-0.25, -0.2) is 4.39 Å². The number of benzene rings is 1. The van der Waals surface area contributed by atoms with Gasteiger partial charge in [0.05, 0.1) is 11.0 Å². The van der Waals surface area contributed by atoms with Crippen molar-refractivity contribution in [2.45, 2.75) is 6.42 Å². The van der Waals surface area contributed by atoms with Gasteiger partial charge in [0.15, 0.2) is 0 Å². The Labute approximate surface area is 73.1 Å². The van der Waals surface area contributed by atoms with E-state index in [2.05, 4.69) is 0 Å². The maximum atomic E-state index is 12.6. The molecule has 1 aromatic rings. The van der Waals surface area contributed by atoms with Gasteiger partial charge in [0.2, 0.25) is 0 Å². The molecular weight excluding hydrogens is 177 g/mol. The molecule has 0 spiro atoms. The van der Waals surface area contributed by atoms with Gasteiger partial charge in [-0.2, -0.15) is 0 Å². The third kappa shape index (κ3) is 2.08. The number of halogens is 1. The molecule has 68 valence electrons. The van der Waals surface area contributed by atoms with Crippen molar-refractivity contribution < 1.29 is 14.1 Å². The molecule has 0 aliphatic carbocycles. The summed E-state index contributed by atoms with van der Waals surface area (Å²) in [7, 11) is 0. The van der Waals surface area contributed by atoms with Gasteiger partial charge < -0.3 is 4.79 Å². The van der Waals surface area contributed by atoms with Crippen molar-refractivity contribution in [3.63, 3.8) is 0 Å². The molecule has 0 unspecified atom stereocenters. The van der Waals surface area contributed by atoms with Crippen molar-refractivity contribution >= 4 is 12.0 Å². The molecule has 5 heteroatoms. The molecule has 1 aromatic carbocycles. The molecule has 0 amide bonds. The Kier molecular flexibility index (Phi) is 2.69. The highest BCUT2D eigenvalue weighted by Crippen LogP contribution is 2.19. The van der Waals surface area contributed by atoms with Crippen LogP contribution in [0, 0.1) is 15.9 Å². The number of hydrogen-bond donors (Lipinski definition) is 0. The van der Waals surface area contributed by atoms with Gasteiger partial charge in [-0.1, -0.05) is 0 Å². The second kappa shape index (κ2) is 3.75. The van der Waals surface area contributed by atoms with Crippen LogP contribution in [-0.2, 0) is 11.2 Å². The first kappa shape index (κ1) is 9.31. The Morgan fingerprint density at radius 2 is 2.23 bits per heavy atom. The molecule has 13 heavy (non-hydrogen) atoms. The van der Waals surface area contributed by atoms with Gasteiger partial charge in [0.25, 0.3) is 5.69 Å². The molecule has 0 radical (unpaired) electrons. The van der Waals surface area contributed by atoms with E-state index < -0.39 is 10.7 Å². The average molecular weight is 183 g/mol. The summed E-state index contributed by atoms with van der Waals surface area (Å²) in [6.07, 6.45) is 0.469. The lowest BCUT2D eigenvalue weighted by atomic mass is 10.1. The number of nitrogens with zero attached hydrogens (tertiary/aromatic N) is 1. The Morgan fingerprint density at radius 1 is 1.54 bits per heavy atom. The van der Waals surface area contributed by atoms with Gasteiger partial charge in [-0.3, -0.25) is 10.1 Å². The second-order valence-electron chi connectivity index (χ2n) is 2.40. The number of nitro groups is 1. The highest BCUT2D eigenvalue weighted by molar-refractivity contribution is 5.59. The largest absolute Gasteiger partial charge is 0.303 e. The molecule has 0 saturated heterocycles. The molecule has 0 saturated carbocycles. The summed E-state index contributed by atoms with van der Waals surface area (Å²) in [6, 6.07) is 3.13. The van der Waals surface area contributed by atoms with Crippen LogP contribution in [-0.4, -0.2) is 11.2 Å². The SMILES string of the molecule is O=CCc1ccc(F)cc1[N+](=O)[O-]. The first-order chi connectivity index (χ1) is 6.15. The standard InChI is InChI=1S/C8H6FNO3/c9-7-2-1-6(3-4-11)8(5-7)10(12)13/h1-2,4-5H,3H2. The highest BCUT2D eigenvalue weighted by atomic mass is 19.1. The summed E-state index contributed by atoms with van der Waals surface area (Å²) in [4.78, 5) is 19.8. The van der Waals surface area contributed by atoms with Crippen LogP contribution in [0.15, 0.2) is 18.2 Å². The van der Waals surface area contributed by atoms with E-state index in [0.717, 1.165) is 12.1 Å². The lowest BCUT2D eigenvalue weighted by molar-refractivity contribution is -0.385. The van der Waals surface area contributed by atoms with Crippen LogP contribution in [0.5, 0.6) is 0 Å². The summed E-state index contributed by atoms with van der Waals surface area (Å²) in [5, 5.41) is 10.4. The van der Waals surface area contributed by atoms with Crippen molar-refractivity contribution in [2.75, 3.05) is 0 Å². The van der Waals surface area contributed by atoms with Crippen LogP contribution in [0.25, 0.3) is 0 Å². The van der Waals surface area contributed by atoms with E-state index in [1.165, 1.54) is 6.07 Å². The van der Waals surface area contributed by atoms with Crippen molar-refractivity contribution in [3.05, 3.63) is 39.7 Å². The number of rotatable bonds is 3. The third-order valence-electron chi connectivity index (χ3n) is 1.55. The Balaban J connectivity index is 3.17. The molecule has 0 aliphatic heterocycles. The highest BCUT2D eigenvalue weighted by Gasteiger charge is 2.13. The lowest BCUT2D eigenvalue weighted by Crippen LogP contribution is -1.96. The minimum atomic E-state index is -0.706. The first-order valence-electron chi connectivity index (χ1n) is 3.51. The molecule has 0 atom stereocenters. The minimum absolute atomic E-state index is 0.0728. The molecular formula is C8H6FNO3. The summed E-state index contributed by atoms with van der Waals surface area (Å²) in [6.45, 7) is 0. The number of aldehydes is 1. The summed E-state index contributed by atoms with van der Waals surface area (Å²) >= 11 is 0. The predicted octanol–water partition coefficient (Wildman–Crippen LogP) is 1.48.